The number of rotatable bonds is 1. The molecule has 1 aliphatic carbocycles. The molecule has 0 N–H and O–H groups in total. The molecule has 1 saturated carbocycles. The fourth-order valence-corrected chi connectivity index (χ4v) is 1.61. The molecule has 0 radical (unpaired) electrons. The highest BCUT2D eigenvalue weighted by atomic mass is 16.1. The molecule has 0 aromatic rings. The van der Waals surface area contributed by atoms with E-state index in [0.29, 0.717) is 6.42 Å². The van der Waals surface area contributed by atoms with Gasteiger partial charge in [-0.15, -0.1) is 0 Å². The summed E-state index contributed by atoms with van der Waals surface area (Å²) in [5, 5.41) is 0. The van der Waals surface area contributed by atoms with Gasteiger partial charge >= 0.3 is 0 Å². The Kier molecular flexibility index (Phi) is 2.12. The quantitative estimate of drug-likeness (QED) is 0.537. The van der Waals surface area contributed by atoms with E-state index in [1.54, 1.807) is 0 Å². The van der Waals surface area contributed by atoms with Gasteiger partial charge in [-0.1, -0.05) is 13.8 Å². The molecule has 2 atom stereocenters. The molecular weight excluding hydrogens is 140 g/mol. The monoisotopic (exact) mass is 154 g/mol. The van der Waals surface area contributed by atoms with E-state index in [1.165, 1.54) is 0 Å². The smallest absolute Gasteiger partial charge is 0.136 e. The average Bonchev–Trinajstić information content (AvgIpc) is 2.00. The average molecular weight is 154 g/mol. The zero-order valence-corrected chi connectivity index (χ0v) is 7.09. The summed E-state index contributed by atoms with van der Waals surface area (Å²) in [5.74, 6) is 0.166. The van der Waals surface area contributed by atoms with Gasteiger partial charge in [0.2, 0.25) is 0 Å². The third-order valence-corrected chi connectivity index (χ3v) is 2.88. The topological polar surface area (TPSA) is 34.1 Å². The van der Waals surface area contributed by atoms with Gasteiger partial charge in [0, 0.05) is 17.8 Å². The van der Waals surface area contributed by atoms with Gasteiger partial charge in [-0.2, -0.15) is 0 Å². The molecular formula is C9H14O2. The van der Waals surface area contributed by atoms with Gasteiger partial charge in [-0.05, 0) is 12.8 Å². The van der Waals surface area contributed by atoms with Crippen molar-refractivity contribution < 1.29 is 9.59 Å². The van der Waals surface area contributed by atoms with E-state index >= 15 is 0 Å². The second-order valence-corrected chi connectivity index (χ2v) is 3.67. The highest BCUT2D eigenvalue weighted by Crippen LogP contribution is 2.36. The van der Waals surface area contributed by atoms with Crippen LogP contribution in [0.5, 0.6) is 0 Å². The first-order valence-corrected chi connectivity index (χ1v) is 4.09. The SMILES string of the molecule is CC1C(=O)CCCC1(C)C=O. The molecule has 0 aliphatic heterocycles. The first-order valence-electron chi connectivity index (χ1n) is 4.09. The molecule has 1 fully saturated rings. The molecule has 2 nitrogen and oxygen atoms in total. The maximum Gasteiger partial charge on any atom is 0.136 e. The molecule has 0 amide bonds. The summed E-state index contributed by atoms with van der Waals surface area (Å²) in [7, 11) is 0. The number of ketones is 1. The lowest BCUT2D eigenvalue weighted by Gasteiger charge is -2.33. The normalized spacial score (nSPS) is 38.7. The Morgan fingerprint density at radius 1 is 1.64 bits per heavy atom. The third-order valence-electron chi connectivity index (χ3n) is 2.88. The van der Waals surface area contributed by atoms with Crippen LogP contribution in [0.2, 0.25) is 0 Å². The standard InChI is InChI=1S/C9H14O2/c1-7-8(11)4-3-5-9(7,2)6-10/h6-7H,3-5H2,1-2H3. The largest absolute Gasteiger partial charge is 0.303 e. The number of Topliss-reactive ketones (excluding diaryl/α,β-unsaturated/α-hetero) is 1. The molecule has 62 valence electrons. The van der Waals surface area contributed by atoms with Crippen LogP contribution in [0, 0.1) is 11.3 Å². The Hall–Kier alpha value is -0.660. The maximum absolute atomic E-state index is 11.2. The molecule has 0 aromatic carbocycles. The lowest BCUT2D eigenvalue weighted by Crippen LogP contribution is -2.36. The van der Waals surface area contributed by atoms with E-state index in [2.05, 4.69) is 0 Å². The van der Waals surface area contributed by atoms with Crippen LogP contribution in [0.3, 0.4) is 0 Å². The van der Waals surface area contributed by atoms with E-state index in [-0.39, 0.29) is 17.1 Å². The fourth-order valence-electron chi connectivity index (χ4n) is 1.61. The van der Waals surface area contributed by atoms with Gasteiger partial charge < -0.3 is 4.79 Å². The van der Waals surface area contributed by atoms with Crippen LogP contribution in [0.25, 0.3) is 0 Å². The number of aldehydes is 1. The van der Waals surface area contributed by atoms with Gasteiger partial charge in [-0.3, -0.25) is 4.79 Å². The fraction of sp³-hybridized carbons (Fsp3) is 0.778. The van der Waals surface area contributed by atoms with Crippen LogP contribution in [0.15, 0.2) is 0 Å². The molecule has 0 aromatic heterocycles. The van der Waals surface area contributed by atoms with E-state index in [9.17, 15) is 9.59 Å². The Morgan fingerprint density at radius 2 is 2.27 bits per heavy atom. The molecule has 1 rings (SSSR count). The van der Waals surface area contributed by atoms with Crippen LogP contribution in [-0.2, 0) is 9.59 Å². The minimum Gasteiger partial charge on any atom is -0.303 e. The van der Waals surface area contributed by atoms with Gasteiger partial charge in [0.15, 0.2) is 0 Å². The van der Waals surface area contributed by atoms with Gasteiger partial charge in [0.25, 0.3) is 0 Å². The molecule has 2 heteroatoms. The summed E-state index contributed by atoms with van der Waals surface area (Å²) in [6, 6.07) is 0. The lowest BCUT2D eigenvalue weighted by atomic mass is 9.69. The van der Waals surface area contributed by atoms with Crippen LogP contribution in [0.4, 0.5) is 0 Å². The third kappa shape index (κ3) is 1.35. The molecule has 0 saturated heterocycles. The minimum atomic E-state index is -0.380. The zero-order chi connectivity index (χ0) is 8.48. The zero-order valence-electron chi connectivity index (χ0n) is 7.09. The van der Waals surface area contributed by atoms with Crippen LogP contribution in [-0.4, -0.2) is 12.1 Å². The number of hydrogen-bond acceptors (Lipinski definition) is 2. The molecule has 1 aliphatic rings. The molecule has 0 spiro atoms. The first kappa shape index (κ1) is 8.44. The highest BCUT2D eigenvalue weighted by Gasteiger charge is 2.38. The van der Waals surface area contributed by atoms with Crippen molar-refractivity contribution in [1.29, 1.82) is 0 Å². The van der Waals surface area contributed by atoms with Gasteiger partial charge in [0.05, 0.1) is 0 Å². The second kappa shape index (κ2) is 2.76. The van der Waals surface area contributed by atoms with E-state index in [0.717, 1.165) is 19.1 Å². The van der Waals surface area contributed by atoms with Crippen LogP contribution >= 0.6 is 0 Å². The molecule has 11 heavy (non-hydrogen) atoms. The summed E-state index contributed by atoms with van der Waals surface area (Å²) in [6.45, 7) is 3.73. The summed E-state index contributed by atoms with van der Waals surface area (Å²) < 4.78 is 0. The first-order chi connectivity index (χ1) is 5.10. The van der Waals surface area contributed by atoms with E-state index in [1.807, 2.05) is 13.8 Å². The Balaban J connectivity index is 2.80. The minimum absolute atomic E-state index is 0.0752. The maximum atomic E-state index is 11.2. The Labute approximate surface area is 67.0 Å². The van der Waals surface area contributed by atoms with Crippen LogP contribution in [0.1, 0.15) is 33.1 Å². The van der Waals surface area contributed by atoms with Crippen molar-refractivity contribution in [2.75, 3.05) is 0 Å². The summed E-state index contributed by atoms with van der Waals surface area (Å²) in [4.78, 5) is 21.9. The van der Waals surface area contributed by atoms with Crippen molar-refractivity contribution in [3.05, 3.63) is 0 Å². The molecule has 2 unspecified atom stereocenters. The predicted octanol–water partition coefficient (Wildman–Crippen LogP) is 1.58. The Morgan fingerprint density at radius 3 is 2.73 bits per heavy atom. The highest BCUT2D eigenvalue weighted by molar-refractivity contribution is 5.86. The number of carbonyl (C=O) groups excluding carboxylic acids is 2. The van der Waals surface area contributed by atoms with Crippen molar-refractivity contribution in [1.82, 2.24) is 0 Å². The second-order valence-electron chi connectivity index (χ2n) is 3.67. The van der Waals surface area contributed by atoms with Crippen molar-refractivity contribution in [3.8, 4) is 0 Å². The summed E-state index contributed by atoms with van der Waals surface area (Å²) >= 11 is 0. The number of carbonyl (C=O) groups is 2. The van der Waals surface area contributed by atoms with E-state index in [4.69, 9.17) is 0 Å². The van der Waals surface area contributed by atoms with Crippen molar-refractivity contribution >= 4 is 12.1 Å². The molecule has 0 bridgehead atoms. The molecule has 0 heterocycles. The van der Waals surface area contributed by atoms with Crippen molar-refractivity contribution in [3.63, 3.8) is 0 Å². The van der Waals surface area contributed by atoms with Gasteiger partial charge in [0.1, 0.15) is 12.1 Å². The van der Waals surface area contributed by atoms with Gasteiger partial charge in [-0.25, -0.2) is 0 Å². The summed E-state index contributed by atoms with van der Waals surface area (Å²) in [6.07, 6.45) is 3.33. The van der Waals surface area contributed by atoms with Crippen LogP contribution < -0.4 is 0 Å². The predicted molar refractivity (Wildman–Crippen MR) is 42.2 cm³/mol. The van der Waals surface area contributed by atoms with Crippen molar-refractivity contribution in [2.45, 2.75) is 33.1 Å². The Bertz CT molecular complexity index is 186. The summed E-state index contributed by atoms with van der Waals surface area (Å²) in [5.41, 5.74) is -0.380. The lowest BCUT2D eigenvalue weighted by molar-refractivity contribution is -0.135. The van der Waals surface area contributed by atoms with Crippen molar-refractivity contribution in [2.24, 2.45) is 11.3 Å². The number of hydrogen-bond donors (Lipinski definition) is 0. The van der Waals surface area contributed by atoms with E-state index < -0.39 is 0 Å².